The van der Waals surface area contributed by atoms with Crippen molar-refractivity contribution in [3.63, 3.8) is 0 Å². The topological polar surface area (TPSA) is 45.5 Å². The van der Waals surface area contributed by atoms with Gasteiger partial charge in [-0.1, -0.05) is 31.2 Å². The Morgan fingerprint density at radius 3 is 2.67 bits per heavy atom. The van der Waals surface area contributed by atoms with Crippen LogP contribution in [-0.2, 0) is 6.42 Å². The molecule has 0 aliphatic carbocycles. The number of carbonyl (C=O) groups excluding carboxylic acids is 1. The second-order valence-electron chi connectivity index (χ2n) is 6.07. The van der Waals surface area contributed by atoms with Crippen molar-refractivity contribution in [1.29, 1.82) is 0 Å². The number of amides is 1. The van der Waals surface area contributed by atoms with Gasteiger partial charge in [-0.3, -0.25) is 4.79 Å². The van der Waals surface area contributed by atoms with Gasteiger partial charge in [0.15, 0.2) is 5.76 Å². The molecule has 1 aliphatic rings. The van der Waals surface area contributed by atoms with Gasteiger partial charge in [0.05, 0.1) is 0 Å². The van der Waals surface area contributed by atoms with E-state index >= 15 is 0 Å². The maximum absolute atomic E-state index is 12.7. The first kappa shape index (κ1) is 18.6. The van der Waals surface area contributed by atoms with Gasteiger partial charge in [-0.2, -0.15) is 0 Å². The number of furan rings is 1. The number of hydrogen-bond donors (Lipinski definition) is 1. The van der Waals surface area contributed by atoms with Crippen molar-refractivity contribution in [2.24, 2.45) is 0 Å². The van der Waals surface area contributed by atoms with E-state index in [1.165, 1.54) is 5.56 Å². The SMILES string of the molecule is CCc1ccc(-c2ccc(C(=O)N3CCCC3CNC)o2)cc1.Cl. The summed E-state index contributed by atoms with van der Waals surface area (Å²) in [6.07, 6.45) is 3.13. The minimum Gasteiger partial charge on any atom is -0.451 e. The van der Waals surface area contributed by atoms with E-state index in [0.717, 1.165) is 43.7 Å². The van der Waals surface area contributed by atoms with Gasteiger partial charge in [0.2, 0.25) is 0 Å². The van der Waals surface area contributed by atoms with E-state index in [9.17, 15) is 4.79 Å². The largest absolute Gasteiger partial charge is 0.451 e. The number of halogens is 1. The molecule has 4 nitrogen and oxygen atoms in total. The van der Waals surface area contributed by atoms with Crippen LogP contribution < -0.4 is 5.32 Å². The lowest BCUT2D eigenvalue weighted by Gasteiger charge is -2.23. The fourth-order valence-electron chi connectivity index (χ4n) is 3.21. The molecule has 1 unspecified atom stereocenters. The van der Waals surface area contributed by atoms with Crippen LogP contribution in [0.4, 0.5) is 0 Å². The van der Waals surface area contributed by atoms with E-state index in [1.54, 1.807) is 6.07 Å². The standard InChI is InChI=1S/C19H24N2O2.ClH/c1-3-14-6-8-15(9-7-14)17-10-11-18(23-17)19(22)21-12-4-5-16(21)13-20-2;/h6-11,16,20H,3-5,12-13H2,1-2H3;1H. The molecule has 5 heteroatoms. The number of nitrogens with zero attached hydrogens (tertiary/aromatic N) is 1. The fraction of sp³-hybridized carbons (Fsp3) is 0.421. The van der Waals surface area contributed by atoms with E-state index in [0.29, 0.717) is 5.76 Å². The molecule has 3 rings (SSSR count). The molecule has 1 saturated heterocycles. The molecule has 1 fully saturated rings. The molecule has 1 N–H and O–H groups in total. The Morgan fingerprint density at radius 1 is 1.25 bits per heavy atom. The highest BCUT2D eigenvalue weighted by Crippen LogP contribution is 2.25. The van der Waals surface area contributed by atoms with Gasteiger partial charge in [0.25, 0.3) is 5.91 Å². The molecule has 24 heavy (non-hydrogen) atoms. The summed E-state index contributed by atoms with van der Waals surface area (Å²) >= 11 is 0. The van der Waals surface area contributed by atoms with Crippen LogP contribution in [0.5, 0.6) is 0 Å². The zero-order chi connectivity index (χ0) is 16.2. The highest BCUT2D eigenvalue weighted by Gasteiger charge is 2.30. The summed E-state index contributed by atoms with van der Waals surface area (Å²) in [5.41, 5.74) is 2.30. The Morgan fingerprint density at radius 2 is 2.00 bits per heavy atom. The summed E-state index contributed by atoms with van der Waals surface area (Å²) in [4.78, 5) is 14.6. The van der Waals surface area contributed by atoms with Crippen LogP contribution in [-0.4, -0.2) is 37.0 Å². The molecule has 1 amide bonds. The number of likely N-dealkylation sites (N-methyl/N-ethyl adjacent to an activating group) is 1. The molecule has 0 radical (unpaired) electrons. The smallest absolute Gasteiger partial charge is 0.289 e. The monoisotopic (exact) mass is 348 g/mol. The van der Waals surface area contributed by atoms with Gasteiger partial charge < -0.3 is 14.6 Å². The number of aryl methyl sites for hydroxylation is 1. The summed E-state index contributed by atoms with van der Waals surface area (Å²) in [6.45, 7) is 3.78. The molecule has 2 heterocycles. The summed E-state index contributed by atoms with van der Waals surface area (Å²) in [7, 11) is 1.92. The number of rotatable bonds is 5. The average Bonchev–Trinajstić information content (AvgIpc) is 3.24. The quantitative estimate of drug-likeness (QED) is 0.895. The minimum atomic E-state index is -0.000761. The van der Waals surface area contributed by atoms with Crippen LogP contribution >= 0.6 is 12.4 Å². The lowest BCUT2D eigenvalue weighted by molar-refractivity contribution is 0.0705. The van der Waals surface area contributed by atoms with Crippen molar-refractivity contribution in [2.75, 3.05) is 20.1 Å². The second-order valence-corrected chi connectivity index (χ2v) is 6.07. The Labute approximate surface area is 149 Å². The molecule has 2 aromatic rings. The van der Waals surface area contributed by atoms with Gasteiger partial charge >= 0.3 is 0 Å². The summed E-state index contributed by atoms with van der Waals surface area (Å²) in [5, 5.41) is 3.16. The Hall–Kier alpha value is -1.78. The zero-order valence-corrected chi connectivity index (χ0v) is 15.1. The van der Waals surface area contributed by atoms with Gasteiger partial charge in [0, 0.05) is 24.7 Å². The lowest BCUT2D eigenvalue weighted by Crippen LogP contribution is -2.40. The first-order valence-electron chi connectivity index (χ1n) is 8.37. The lowest BCUT2D eigenvalue weighted by atomic mass is 10.1. The van der Waals surface area contributed by atoms with E-state index in [1.807, 2.05) is 30.1 Å². The third-order valence-corrected chi connectivity index (χ3v) is 4.54. The van der Waals surface area contributed by atoms with Crippen molar-refractivity contribution >= 4 is 18.3 Å². The second kappa shape index (κ2) is 8.36. The van der Waals surface area contributed by atoms with E-state index in [2.05, 4.69) is 24.4 Å². The number of likely N-dealkylation sites (tertiary alicyclic amines) is 1. The molecule has 0 spiro atoms. The van der Waals surface area contributed by atoms with Gasteiger partial charge in [-0.25, -0.2) is 0 Å². The van der Waals surface area contributed by atoms with Gasteiger partial charge in [-0.15, -0.1) is 12.4 Å². The Balaban J connectivity index is 0.00000208. The van der Waals surface area contributed by atoms with Gasteiger partial charge in [0.1, 0.15) is 5.76 Å². The normalized spacial score (nSPS) is 16.9. The van der Waals surface area contributed by atoms with Crippen molar-refractivity contribution in [1.82, 2.24) is 10.2 Å². The molecular weight excluding hydrogens is 324 g/mol. The number of carbonyl (C=O) groups is 1. The minimum absolute atomic E-state index is 0. The van der Waals surface area contributed by atoms with Gasteiger partial charge in [-0.05, 0) is 44.0 Å². The van der Waals surface area contributed by atoms with Crippen LogP contribution in [0.2, 0.25) is 0 Å². The van der Waals surface area contributed by atoms with Crippen molar-refractivity contribution < 1.29 is 9.21 Å². The Bertz CT molecular complexity index is 666. The molecule has 1 aromatic carbocycles. The van der Waals surface area contributed by atoms with E-state index in [4.69, 9.17) is 4.42 Å². The van der Waals surface area contributed by atoms with Crippen LogP contribution in [0, 0.1) is 0 Å². The maximum atomic E-state index is 12.7. The molecule has 130 valence electrons. The first-order valence-corrected chi connectivity index (χ1v) is 8.37. The van der Waals surface area contributed by atoms with E-state index < -0.39 is 0 Å². The third-order valence-electron chi connectivity index (χ3n) is 4.54. The highest BCUT2D eigenvalue weighted by atomic mass is 35.5. The Kier molecular flexibility index (Phi) is 6.46. The molecule has 0 bridgehead atoms. The van der Waals surface area contributed by atoms with Crippen LogP contribution in [0.3, 0.4) is 0 Å². The van der Waals surface area contributed by atoms with Crippen LogP contribution in [0.15, 0.2) is 40.8 Å². The fourth-order valence-corrected chi connectivity index (χ4v) is 3.21. The van der Waals surface area contributed by atoms with E-state index in [-0.39, 0.29) is 24.4 Å². The summed E-state index contributed by atoms with van der Waals surface area (Å²) in [5.74, 6) is 1.18. The van der Waals surface area contributed by atoms with Crippen LogP contribution in [0.25, 0.3) is 11.3 Å². The molecule has 1 atom stereocenters. The van der Waals surface area contributed by atoms with Crippen molar-refractivity contribution in [3.8, 4) is 11.3 Å². The van der Waals surface area contributed by atoms with Crippen molar-refractivity contribution in [2.45, 2.75) is 32.2 Å². The van der Waals surface area contributed by atoms with Crippen LogP contribution in [0.1, 0.15) is 35.9 Å². The predicted molar refractivity (Wildman–Crippen MR) is 98.8 cm³/mol. The maximum Gasteiger partial charge on any atom is 0.289 e. The third kappa shape index (κ3) is 3.82. The molecule has 1 aromatic heterocycles. The molecular formula is C19H25ClN2O2. The average molecular weight is 349 g/mol. The molecule has 0 saturated carbocycles. The number of nitrogens with one attached hydrogen (secondary N) is 1. The highest BCUT2D eigenvalue weighted by molar-refractivity contribution is 5.92. The number of benzene rings is 1. The molecule has 1 aliphatic heterocycles. The first-order chi connectivity index (χ1) is 11.2. The van der Waals surface area contributed by atoms with Crippen molar-refractivity contribution in [3.05, 3.63) is 47.7 Å². The number of hydrogen-bond acceptors (Lipinski definition) is 3. The predicted octanol–water partition coefficient (Wildman–Crippen LogP) is 3.75. The summed E-state index contributed by atoms with van der Waals surface area (Å²) < 4.78 is 5.83. The zero-order valence-electron chi connectivity index (χ0n) is 14.2. The summed E-state index contributed by atoms with van der Waals surface area (Å²) in [6, 6.07) is 12.2.